The number of halogens is 5. The van der Waals surface area contributed by atoms with Crippen molar-refractivity contribution in [3.05, 3.63) is 101 Å². The van der Waals surface area contributed by atoms with E-state index >= 15 is 0 Å². The van der Waals surface area contributed by atoms with Gasteiger partial charge in [-0.25, -0.2) is 8.78 Å². The molecule has 0 bridgehead atoms. The Morgan fingerprint density at radius 2 is 1.53 bits per heavy atom. The number of rotatable bonds is 9. The lowest BCUT2D eigenvalue weighted by molar-refractivity contribution is -0.137. The van der Waals surface area contributed by atoms with E-state index in [-0.39, 0.29) is 5.56 Å². The zero-order chi connectivity index (χ0) is 25.5. The normalized spacial score (nSPS) is 16.1. The first-order chi connectivity index (χ1) is 17.3. The molecule has 0 aliphatic carbocycles. The number of hydrogen-bond acceptors (Lipinski definition) is 2. The van der Waals surface area contributed by atoms with E-state index in [9.17, 15) is 22.0 Å². The molecule has 1 fully saturated rings. The van der Waals surface area contributed by atoms with Crippen LogP contribution in [-0.2, 0) is 6.18 Å². The van der Waals surface area contributed by atoms with Gasteiger partial charge in [0.25, 0.3) is 0 Å². The van der Waals surface area contributed by atoms with Crippen LogP contribution in [0.2, 0.25) is 0 Å². The molecule has 1 unspecified atom stereocenters. The Balaban J connectivity index is 1.35. The van der Waals surface area contributed by atoms with Crippen LogP contribution in [0, 0.1) is 11.6 Å². The van der Waals surface area contributed by atoms with Crippen molar-refractivity contribution in [3.63, 3.8) is 0 Å². The molecule has 3 aromatic rings. The molecular formula is C29H30F5NO. The van der Waals surface area contributed by atoms with Crippen LogP contribution < -0.4 is 4.74 Å². The van der Waals surface area contributed by atoms with Crippen molar-refractivity contribution in [2.75, 3.05) is 19.6 Å². The minimum atomic E-state index is -4.63. The number of benzene rings is 3. The number of piperidine rings is 1. The van der Waals surface area contributed by atoms with Gasteiger partial charge in [-0.05, 0) is 87.5 Å². The molecule has 1 atom stereocenters. The Morgan fingerprint density at radius 3 is 2.22 bits per heavy atom. The zero-order valence-electron chi connectivity index (χ0n) is 20.0. The van der Waals surface area contributed by atoms with Crippen LogP contribution in [-0.4, -0.2) is 24.5 Å². The summed E-state index contributed by atoms with van der Waals surface area (Å²) in [5.74, 6) is -1.40. The molecule has 192 valence electrons. The molecule has 0 spiro atoms. The summed E-state index contributed by atoms with van der Waals surface area (Å²) >= 11 is 0. The summed E-state index contributed by atoms with van der Waals surface area (Å²) in [5.41, 5.74) is 0.576. The van der Waals surface area contributed by atoms with Gasteiger partial charge < -0.3 is 9.64 Å². The van der Waals surface area contributed by atoms with E-state index in [2.05, 4.69) is 29.2 Å². The van der Waals surface area contributed by atoms with E-state index in [0.717, 1.165) is 45.0 Å². The average Bonchev–Trinajstić information content (AvgIpc) is 2.87. The summed E-state index contributed by atoms with van der Waals surface area (Å²) in [6, 6.07) is 18.5. The van der Waals surface area contributed by atoms with Gasteiger partial charge in [0, 0.05) is 5.56 Å². The lowest BCUT2D eigenvalue weighted by Crippen LogP contribution is -2.33. The van der Waals surface area contributed by atoms with Gasteiger partial charge in [-0.15, -0.1) is 0 Å². The van der Waals surface area contributed by atoms with Gasteiger partial charge in [0.05, 0.1) is 5.56 Å². The van der Waals surface area contributed by atoms with Crippen molar-refractivity contribution in [1.82, 2.24) is 4.90 Å². The third-order valence-corrected chi connectivity index (χ3v) is 6.83. The molecule has 36 heavy (non-hydrogen) atoms. The van der Waals surface area contributed by atoms with E-state index in [0.29, 0.717) is 30.9 Å². The lowest BCUT2D eigenvalue weighted by Gasteiger charge is -2.32. The van der Waals surface area contributed by atoms with Crippen LogP contribution in [0.15, 0.2) is 72.8 Å². The fraction of sp³-hybridized carbons (Fsp3) is 0.379. The molecule has 0 N–H and O–H groups in total. The number of alkyl halides is 3. The van der Waals surface area contributed by atoms with Gasteiger partial charge in [-0.3, -0.25) is 0 Å². The highest BCUT2D eigenvalue weighted by molar-refractivity contribution is 5.33. The van der Waals surface area contributed by atoms with E-state index in [1.54, 1.807) is 6.07 Å². The average molecular weight is 504 g/mol. The maximum absolute atomic E-state index is 14.5. The fourth-order valence-corrected chi connectivity index (χ4v) is 4.82. The molecule has 3 aromatic carbocycles. The number of nitrogens with zero attached hydrogens (tertiary/aromatic N) is 1. The van der Waals surface area contributed by atoms with Gasteiger partial charge in [-0.1, -0.05) is 48.5 Å². The van der Waals surface area contributed by atoms with Crippen molar-refractivity contribution < 1.29 is 26.7 Å². The Kier molecular flexibility index (Phi) is 8.62. The third kappa shape index (κ3) is 6.84. The van der Waals surface area contributed by atoms with Gasteiger partial charge in [0.2, 0.25) is 0 Å². The molecule has 4 rings (SSSR count). The number of unbranched alkanes of at least 4 members (excludes halogenated alkanes) is 1. The highest BCUT2D eigenvalue weighted by Crippen LogP contribution is 2.36. The molecule has 0 radical (unpaired) electrons. The van der Waals surface area contributed by atoms with E-state index < -0.39 is 35.2 Å². The van der Waals surface area contributed by atoms with E-state index in [1.807, 2.05) is 6.07 Å². The predicted molar refractivity (Wildman–Crippen MR) is 130 cm³/mol. The van der Waals surface area contributed by atoms with Crippen molar-refractivity contribution in [3.8, 4) is 5.75 Å². The van der Waals surface area contributed by atoms with Crippen LogP contribution >= 0.6 is 0 Å². The minimum Gasteiger partial charge on any atom is -0.483 e. The van der Waals surface area contributed by atoms with Crippen LogP contribution in [0.3, 0.4) is 0 Å². The van der Waals surface area contributed by atoms with Crippen LogP contribution in [0.25, 0.3) is 0 Å². The monoisotopic (exact) mass is 503 g/mol. The second-order valence-corrected chi connectivity index (χ2v) is 9.29. The Bertz CT molecular complexity index is 1110. The third-order valence-electron chi connectivity index (χ3n) is 6.83. The predicted octanol–water partition coefficient (Wildman–Crippen LogP) is 8.15. The van der Waals surface area contributed by atoms with Crippen LogP contribution in [0.5, 0.6) is 5.75 Å². The lowest BCUT2D eigenvalue weighted by atomic mass is 9.89. The molecule has 0 aromatic heterocycles. The van der Waals surface area contributed by atoms with Crippen molar-refractivity contribution >= 4 is 0 Å². The summed E-state index contributed by atoms with van der Waals surface area (Å²) in [7, 11) is 0. The topological polar surface area (TPSA) is 12.5 Å². The second kappa shape index (κ2) is 11.9. The first-order valence-corrected chi connectivity index (χ1v) is 12.4. The van der Waals surface area contributed by atoms with Gasteiger partial charge in [-0.2, -0.15) is 13.2 Å². The molecule has 0 saturated carbocycles. The molecule has 1 aliphatic rings. The molecule has 1 heterocycles. The van der Waals surface area contributed by atoms with E-state index in [4.69, 9.17) is 4.74 Å². The molecule has 0 amide bonds. The fourth-order valence-electron chi connectivity index (χ4n) is 4.82. The largest absolute Gasteiger partial charge is 0.483 e. The maximum atomic E-state index is 14.5. The summed E-state index contributed by atoms with van der Waals surface area (Å²) in [4.78, 5) is 2.41. The molecule has 2 nitrogen and oxygen atoms in total. The Hall–Kier alpha value is -2.93. The smallest absolute Gasteiger partial charge is 0.416 e. The highest BCUT2D eigenvalue weighted by Gasteiger charge is 2.32. The molecule has 1 aliphatic heterocycles. The summed E-state index contributed by atoms with van der Waals surface area (Å²) < 4.78 is 73.9. The maximum Gasteiger partial charge on any atom is 0.416 e. The number of likely N-dealkylation sites (tertiary alicyclic amines) is 1. The number of hydrogen-bond donors (Lipinski definition) is 0. The summed E-state index contributed by atoms with van der Waals surface area (Å²) in [5, 5.41) is 0. The quantitative estimate of drug-likeness (QED) is 0.216. The van der Waals surface area contributed by atoms with Crippen LogP contribution in [0.1, 0.15) is 60.8 Å². The van der Waals surface area contributed by atoms with Crippen molar-refractivity contribution in [1.29, 1.82) is 0 Å². The van der Waals surface area contributed by atoms with E-state index in [1.165, 1.54) is 23.8 Å². The molecule has 7 heteroatoms. The zero-order valence-corrected chi connectivity index (χ0v) is 20.0. The Morgan fingerprint density at radius 1 is 0.833 bits per heavy atom. The van der Waals surface area contributed by atoms with Gasteiger partial charge in [0.1, 0.15) is 11.9 Å². The number of ether oxygens (including phenoxy) is 1. The van der Waals surface area contributed by atoms with Gasteiger partial charge >= 0.3 is 6.18 Å². The SMILES string of the molecule is Fc1ccc(C(F)(F)F)cc1OC(CCCCN1CCC(c2ccccc2)CC1)c1ccccc1F. The van der Waals surface area contributed by atoms with Crippen LogP contribution in [0.4, 0.5) is 22.0 Å². The second-order valence-electron chi connectivity index (χ2n) is 9.29. The molecule has 1 saturated heterocycles. The van der Waals surface area contributed by atoms with Crippen molar-refractivity contribution in [2.24, 2.45) is 0 Å². The van der Waals surface area contributed by atoms with Crippen molar-refractivity contribution in [2.45, 2.75) is 50.3 Å². The van der Waals surface area contributed by atoms with Gasteiger partial charge in [0.15, 0.2) is 11.6 Å². The first kappa shape index (κ1) is 26.1. The Labute approximate surface area is 208 Å². The summed E-state index contributed by atoms with van der Waals surface area (Å²) in [6.45, 7) is 2.88. The first-order valence-electron chi connectivity index (χ1n) is 12.4. The summed E-state index contributed by atoms with van der Waals surface area (Å²) in [6.07, 6.45) is -1.48. The molecular weight excluding hydrogens is 473 g/mol. The highest BCUT2D eigenvalue weighted by atomic mass is 19.4. The standard InChI is InChI=1S/C29H30F5NO/c30-25-11-5-4-10-24(25)27(36-28-20-23(29(32,33)34)13-14-26(28)31)12-6-7-17-35-18-15-22(16-19-35)21-8-2-1-3-9-21/h1-5,8-11,13-14,20,22,27H,6-7,12,15-19H2. The minimum absolute atomic E-state index is 0.206.